The number of benzene rings is 3. The van der Waals surface area contributed by atoms with Crippen LogP contribution in [0.25, 0.3) is 21.9 Å². The quantitative estimate of drug-likeness (QED) is 0.447. The van der Waals surface area contributed by atoms with E-state index in [1.807, 2.05) is 66.7 Å². The largest absolute Gasteiger partial charge is 0.477 e. The zero-order valence-electron chi connectivity index (χ0n) is 15.5. The number of hydrogen-bond acceptors (Lipinski definition) is 2. The molecule has 0 saturated carbocycles. The topological polar surface area (TPSA) is 59.3 Å². The molecule has 0 saturated heterocycles. The molecule has 0 atom stereocenters. The van der Waals surface area contributed by atoms with Gasteiger partial charge in [-0.25, -0.2) is 4.79 Å². The highest BCUT2D eigenvalue weighted by atomic mass is 79.9. The van der Waals surface area contributed by atoms with E-state index in [9.17, 15) is 14.7 Å². The summed E-state index contributed by atoms with van der Waals surface area (Å²) in [4.78, 5) is 25.6. The van der Waals surface area contributed by atoms with Crippen LogP contribution in [-0.2, 0) is 13.0 Å². The summed E-state index contributed by atoms with van der Waals surface area (Å²) in [6, 6.07) is 24.5. The molecule has 0 aliphatic rings. The summed E-state index contributed by atoms with van der Waals surface area (Å²) in [7, 11) is 0. The second kappa shape index (κ2) is 8.05. The van der Waals surface area contributed by atoms with Crippen molar-refractivity contribution >= 4 is 32.7 Å². The summed E-state index contributed by atoms with van der Waals surface area (Å²) in [5, 5.41) is 11.2. The van der Waals surface area contributed by atoms with E-state index in [1.165, 1.54) is 4.57 Å². The first-order chi connectivity index (χ1) is 14.1. The van der Waals surface area contributed by atoms with Crippen LogP contribution < -0.4 is 5.56 Å². The highest BCUT2D eigenvalue weighted by molar-refractivity contribution is 9.10. The van der Waals surface area contributed by atoms with Crippen LogP contribution in [0.3, 0.4) is 0 Å². The minimum Gasteiger partial charge on any atom is -0.477 e. The average Bonchev–Trinajstić information content (AvgIpc) is 2.74. The van der Waals surface area contributed by atoms with E-state index in [0.29, 0.717) is 22.8 Å². The van der Waals surface area contributed by atoms with E-state index < -0.39 is 5.97 Å². The van der Waals surface area contributed by atoms with E-state index in [2.05, 4.69) is 15.9 Å². The molecule has 144 valence electrons. The van der Waals surface area contributed by atoms with Gasteiger partial charge in [-0.05, 0) is 41.1 Å². The number of halogens is 1. The fourth-order valence-electron chi connectivity index (χ4n) is 3.64. The van der Waals surface area contributed by atoms with Gasteiger partial charge in [0, 0.05) is 22.0 Å². The van der Waals surface area contributed by atoms with E-state index in [-0.39, 0.29) is 17.8 Å². The second-order valence-electron chi connectivity index (χ2n) is 6.78. The van der Waals surface area contributed by atoms with Crippen molar-refractivity contribution in [1.29, 1.82) is 0 Å². The number of hydrogen-bond donors (Lipinski definition) is 1. The molecule has 29 heavy (non-hydrogen) atoms. The second-order valence-corrected chi connectivity index (χ2v) is 7.69. The third-order valence-corrected chi connectivity index (χ3v) is 5.46. The maximum Gasteiger partial charge on any atom is 0.353 e. The summed E-state index contributed by atoms with van der Waals surface area (Å²) in [5.74, 6) is -1.11. The van der Waals surface area contributed by atoms with Gasteiger partial charge in [0.2, 0.25) is 0 Å². The fraction of sp³-hybridized carbons (Fsp3) is 0.0833. The van der Waals surface area contributed by atoms with E-state index in [0.717, 1.165) is 15.6 Å². The molecule has 0 unspecified atom stereocenters. The summed E-state index contributed by atoms with van der Waals surface area (Å²) >= 11 is 3.45. The zero-order chi connectivity index (χ0) is 20.4. The third kappa shape index (κ3) is 3.74. The molecular formula is C24H18BrNO3. The van der Waals surface area contributed by atoms with Crippen LogP contribution in [0.2, 0.25) is 0 Å². The zero-order valence-corrected chi connectivity index (χ0v) is 17.1. The Morgan fingerprint density at radius 1 is 0.897 bits per heavy atom. The number of carbonyl (C=O) groups is 1. The number of aromatic carboxylic acids is 1. The van der Waals surface area contributed by atoms with E-state index in [1.54, 1.807) is 12.1 Å². The van der Waals surface area contributed by atoms with Crippen molar-refractivity contribution in [2.45, 2.75) is 13.0 Å². The first kappa shape index (κ1) is 19.2. The Morgan fingerprint density at radius 3 is 2.21 bits per heavy atom. The number of aryl methyl sites for hydroxylation is 1. The normalized spacial score (nSPS) is 10.9. The van der Waals surface area contributed by atoms with Crippen molar-refractivity contribution in [2.24, 2.45) is 0 Å². The maximum absolute atomic E-state index is 13.3. The molecule has 0 aliphatic heterocycles. The minimum absolute atomic E-state index is 0.0164. The van der Waals surface area contributed by atoms with Crippen molar-refractivity contribution in [3.05, 3.63) is 105 Å². The molecule has 0 radical (unpaired) electrons. The van der Waals surface area contributed by atoms with Crippen LogP contribution in [0.4, 0.5) is 0 Å². The molecule has 0 aliphatic carbocycles. The Balaban J connectivity index is 2.01. The predicted octanol–water partition coefficient (Wildman–Crippen LogP) is 5.37. The smallest absolute Gasteiger partial charge is 0.353 e. The van der Waals surface area contributed by atoms with Crippen LogP contribution in [-0.4, -0.2) is 15.6 Å². The number of rotatable bonds is 5. The number of nitrogens with zero attached hydrogens (tertiary/aromatic N) is 1. The van der Waals surface area contributed by atoms with Gasteiger partial charge in [0.1, 0.15) is 5.69 Å². The van der Waals surface area contributed by atoms with Gasteiger partial charge in [-0.15, -0.1) is 0 Å². The molecule has 1 aromatic heterocycles. The van der Waals surface area contributed by atoms with Gasteiger partial charge in [0.05, 0.1) is 0 Å². The van der Waals surface area contributed by atoms with Crippen LogP contribution >= 0.6 is 15.9 Å². The molecule has 0 amide bonds. The SMILES string of the molecule is O=C(O)c1c(-c2ccccc2)c2cc(Br)ccc2c(=O)n1CCc1ccccc1. The number of aromatic nitrogens is 1. The Bertz CT molecular complexity index is 1250. The van der Waals surface area contributed by atoms with Gasteiger partial charge < -0.3 is 9.67 Å². The highest BCUT2D eigenvalue weighted by Gasteiger charge is 2.23. The van der Waals surface area contributed by atoms with Crippen LogP contribution in [0.1, 0.15) is 16.1 Å². The van der Waals surface area contributed by atoms with Crippen LogP contribution in [0.15, 0.2) is 88.1 Å². The lowest BCUT2D eigenvalue weighted by atomic mass is 9.96. The van der Waals surface area contributed by atoms with Gasteiger partial charge in [-0.3, -0.25) is 4.79 Å². The molecule has 0 spiro atoms. The number of fused-ring (bicyclic) bond motifs is 1. The lowest BCUT2D eigenvalue weighted by molar-refractivity contribution is 0.0684. The van der Waals surface area contributed by atoms with Crippen LogP contribution in [0, 0.1) is 0 Å². The monoisotopic (exact) mass is 447 g/mol. The Kier molecular flexibility index (Phi) is 5.32. The Hall–Kier alpha value is -3.18. The van der Waals surface area contributed by atoms with Crippen molar-refractivity contribution in [3.8, 4) is 11.1 Å². The van der Waals surface area contributed by atoms with Gasteiger partial charge in [0.15, 0.2) is 0 Å². The van der Waals surface area contributed by atoms with E-state index >= 15 is 0 Å². The highest BCUT2D eigenvalue weighted by Crippen LogP contribution is 2.32. The molecule has 1 heterocycles. The fourth-order valence-corrected chi connectivity index (χ4v) is 4.00. The van der Waals surface area contributed by atoms with E-state index in [4.69, 9.17) is 0 Å². The lowest BCUT2D eigenvalue weighted by Crippen LogP contribution is -2.28. The number of carboxylic acid groups (broad SMARTS) is 1. The number of carboxylic acids is 1. The molecule has 5 heteroatoms. The van der Waals surface area contributed by atoms with Crippen molar-refractivity contribution in [3.63, 3.8) is 0 Å². The summed E-state index contributed by atoms with van der Waals surface area (Å²) < 4.78 is 2.19. The first-order valence-electron chi connectivity index (χ1n) is 9.25. The van der Waals surface area contributed by atoms with Gasteiger partial charge in [-0.1, -0.05) is 76.6 Å². The summed E-state index contributed by atoms with van der Waals surface area (Å²) in [6.07, 6.45) is 0.567. The predicted molar refractivity (Wildman–Crippen MR) is 118 cm³/mol. The average molecular weight is 448 g/mol. The molecule has 3 aromatic carbocycles. The van der Waals surface area contributed by atoms with Gasteiger partial charge >= 0.3 is 5.97 Å². The number of pyridine rings is 1. The minimum atomic E-state index is -1.11. The molecule has 4 nitrogen and oxygen atoms in total. The van der Waals surface area contributed by atoms with Crippen molar-refractivity contribution in [2.75, 3.05) is 0 Å². The third-order valence-electron chi connectivity index (χ3n) is 4.97. The standard InChI is InChI=1S/C24H18BrNO3/c25-18-11-12-19-20(15-18)21(17-9-5-2-6-10-17)22(24(28)29)26(23(19)27)14-13-16-7-3-1-4-8-16/h1-12,15H,13-14H2,(H,28,29). The molecule has 4 rings (SSSR count). The van der Waals surface area contributed by atoms with Crippen molar-refractivity contribution < 1.29 is 9.90 Å². The lowest BCUT2D eigenvalue weighted by Gasteiger charge is -2.18. The Morgan fingerprint density at radius 2 is 1.55 bits per heavy atom. The Labute approximate surface area is 176 Å². The summed E-state index contributed by atoms with van der Waals surface area (Å²) in [6.45, 7) is 0.288. The van der Waals surface area contributed by atoms with Gasteiger partial charge in [-0.2, -0.15) is 0 Å². The molecule has 4 aromatic rings. The summed E-state index contributed by atoms with van der Waals surface area (Å²) in [5.41, 5.74) is 2.10. The molecule has 0 bridgehead atoms. The maximum atomic E-state index is 13.3. The van der Waals surface area contributed by atoms with Crippen molar-refractivity contribution in [1.82, 2.24) is 4.57 Å². The molecular weight excluding hydrogens is 430 g/mol. The molecule has 1 N–H and O–H groups in total. The molecule has 0 fully saturated rings. The van der Waals surface area contributed by atoms with Crippen LogP contribution in [0.5, 0.6) is 0 Å². The first-order valence-corrected chi connectivity index (χ1v) is 10.0. The van der Waals surface area contributed by atoms with Gasteiger partial charge in [0.25, 0.3) is 5.56 Å².